The van der Waals surface area contributed by atoms with Crippen molar-refractivity contribution in [2.45, 2.75) is 20.3 Å². The summed E-state index contributed by atoms with van der Waals surface area (Å²) >= 11 is 0. The lowest BCUT2D eigenvalue weighted by Gasteiger charge is -2.14. The third-order valence-electron chi connectivity index (χ3n) is 3.59. The number of carbonyl (C=O) groups excluding carboxylic acids is 1. The van der Waals surface area contributed by atoms with E-state index < -0.39 is 22.7 Å². The fourth-order valence-corrected chi connectivity index (χ4v) is 2.43. The number of carboxylic acids is 1. The Bertz CT molecular complexity index is 783. The number of rotatable bonds is 7. The number of fused-ring (bicyclic) bond motifs is 1. The van der Waals surface area contributed by atoms with E-state index in [1.807, 2.05) is 13.8 Å². The number of carbonyl (C=O) groups is 2. The van der Waals surface area contributed by atoms with E-state index in [0.717, 1.165) is 0 Å². The molecule has 1 aromatic heterocycles. The maximum Gasteiger partial charge on any atom is 0.308 e. The molecule has 1 amide bonds. The minimum absolute atomic E-state index is 0.00221. The largest absolute Gasteiger partial charge is 0.481 e. The second kappa shape index (κ2) is 7.07. The van der Waals surface area contributed by atoms with Gasteiger partial charge in [-0.05, 0) is 18.4 Å². The van der Waals surface area contributed by atoms with Crippen LogP contribution in [-0.4, -0.2) is 38.6 Å². The fourth-order valence-electron chi connectivity index (χ4n) is 2.43. The van der Waals surface area contributed by atoms with Gasteiger partial charge in [-0.1, -0.05) is 13.8 Å². The van der Waals surface area contributed by atoms with Crippen molar-refractivity contribution in [1.82, 2.24) is 15.5 Å². The molecule has 9 nitrogen and oxygen atoms in total. The summed E-state index contributed by atoms with van der Waals surface area (Å²) in [5, 5.41) is 29.4. The fraction of sp³-hybridized carbons (Fsp3) is 0.400. The first-order chi connectivity index (χ1) is 11.3. The number of H-pyrrole nitrogens is 1. The average Bonchev–Trinajstić information content (AvgIpc) is 2.93. The molecule has 0 radical (unpaired) electrons. The molecule has 0 aliphatic heterocycles. The molecule has 128 valence electrons. The van der Waals surface area contributed by atoms with E-state index in [0.29, 0.717) is 17.3 Å². The van der Waals surface area contributed by atoms with Crippen molar-refractivity contribution >= 4 is 28.5 Å². The number of nitrogens with zero attached hydrogens (tertiary/aromatic N) is 2. The maximum atomic E-state index is 12.3. The third kappa shape index (κ3) is 3.86. The lowest BCUT2D eigenvalue weighted by Crippen LogP contribution is -2.34. The molecular formula is C15H18N4O5. The number of aromatic nitrogens is 2. The summed E-state index contributed by atoms with van der Waals surface area (Å²) < 4.78 is 0. The second-order valence-electron chi connectivity index (χ2n) is 5.93. The molecule has 1 aromatic carbocycles. The van der Waals surface area contributed by atoms with Gasteiger partial charge in [0.15, 0.2) is 5.69 Å². The van der Waals surface area contributed by atoms with Crippen LogP contribution in [0.15, 0.2) is 18.2 Å². The Labute approximate surface area is 137 Å². The minimum Gasteiger partial charge on any atom is -0.481 e. The smallest absolute Gasteiger partial charge is 0.308 e. The lowest BCUT2D eigenvalue weighted by molar-refractivity contribution is -0.384. The second-order valence-corrected chi connectivity index (χ2v) is 5.93. The molecule has 0 saturated heterocycles. The van der Waals surface area contributed by atoms with Gasteiger partial charge in [0.05, 0.1) is 16.4 Å². The maximum absolute atomic E-state index is 12.3. The number of nitro groups is 1. The van der Waals surface area contributed by atoms with Crippen LogP contribution >= 0.6 is 0 Å². The summed E-state index contributed by atoms with van der Waals surface area (Å²) in [6, 6.07) is 4.04. The number of hydrogen-bond acceptors (Lipinski definition) is 5. The molecule has 1 heterocycles. The van der Waals surface area contributed by atoms with E-state index in [-0.39, 0.29) is 23.8 Å². The van der Waals surface area contributed by atoms with Crippen molar-refractivity contribution in [2.24, 2.45) is 11.8 Å². The molecule has 9 heteroatoms. The van der Waals surface area contributed by atoms with Crippen LogP contribution in [0.2, 0.25) is 0 Å². The first-order valence-electron chi connectivity index (χ1n) is 7.43. The SMILES string of the molecule is CC(C)CC(CNC(=O)c1n[nH]c2ccc([N+](=O)[O-])cc12)C(=O)O. The van der Waals surface area contributed by atoms with Gasteiger partial charge in [0, 0.05) is 24.1 Å². The van der Waals surface area contributed by atoms with Crippen molar-refractivity contribution in [1.29, 1.82) is 0 Å². The number of aliphatic carboxylic acids is 1. The number of non-ortho nitro benzene ring substituents is 1. The normalized spacial score (nSPS) is 12.3. The molecule has 1 unspecified atom stereocenters. The molecule has 24 heavy (non-hydrogen) atoms. The van der Waals surface area contributed by atoms with Gasteiger partial charge in [-0.2, -0.15) is 5.10 Å². The average molecular weight is 334 g/mol. The molecule has 2 rings (SSSR count). The molecule has 0 aliphatic carbocycles. The van der Waals surface area contributed by atoms with E-state index in [1.165, 1.54) is 18.2 Å². The van der Waals surface area contributed by atoms with Crippen molar-refractivity contribution in [3.8, 4) is 0 Å². The van der Waals surface area contributed by atoms with Crippen molar-refractivity contribution in [3.05, 3.63) is 34.0 Å². The Balaban J connectivity index is 2.17. The van der Waals surface area contributed by atoms with E-state index in [4.69, 9.17) is 0 Å². The first kappa shape index (κ1) is 17.4. The number of aromatic amines is 1. The van der Waals surface area contributed by atoms with Crippen LogP contribution in [0.3, 0.4) is 0 Å². The van der Waals surface area contributed by atoms with Gasteiger partial charge in [-0.15, -0.1) is 0 Å². The molecule has 0 spiro atoms. The molecule has 0 bridgehead atoms. The van der Waals surface area contributed by atoms with Gasteiger partial charge in [-0.25, -0.2) is 0 Å². The number of benzene rings is 1. The van der Waals surface area contributed by atoms with Crippen LogP contribution in [-0.2, 0) is 4.79 Å². The zero-order valence-electron chi connectivity index (χ0n) is 13.3. The minimum atomic E-state index is -0.980. The first-order valence-corrected chi connectivity index (χ1v) is 7.43. The summed E-state index contributed by atoms with van der Waals surface area (Å²) in [5.74, 6) is -2.08. The topological polar surface area (TPSA) is 138 Å². The molecule has 0 saturated carbocycles. The predicted molar refractivity (Wildman–Crippen MR) is 85.7 cm³/mol. The van der Waals surface area contributed by atoms with Crippen LogP contribution in [0.5, 0.6) is 0 Å². The summed E-state index contributed by atoms with van der Waals surface area (Å²) in [6.07, 6.45) is 0.433. The number of nitro benzene ring substituents is 1. The van der Waals surface area contributed by atoms with E-state index in [1.54, 1.807) is 0 Å². The summed E-state index contributed by atoms with van der Waals surface area (Å²) in [6.45, 7) is 3.77. The standard InChI is InChI=1S/C15H18N4O5/c1-8(2)5-9(15(21)22)7-16-14(20)13-11-6-10(19(23)24)3-4-12(11)17-18-13/h3-4,6,8-9H,5,7H2,1-2H3,(H,16,20)(H,17,18)(H,21,22). The highest BCUT2D eigenvalue weighted by molar-refractivity contribution is 6.05. The van der Waals surface area contributed by atoms with Crippen molar-refractivity contribution < 1.29 is 19.6 Å². The third-order valence-corrected chi connectivity index (χ3v) is 3.59. The molecule has 0 aliphatic rings. The van der Waals surface area contributed by atoms with Crippen LogP contribution in [0.4, 0.5) is 5.69 Å². The molecule has 2 aromatic rings. The van der Waals surface area contributed by atoms with Crippen LogP contribution < -0.4 is 5.32 Å². The Morgan fingerprint density at radius 2 is 2.12 bits per heavy atom. The summed E-state index contributed by atoms with van der Waals surface area (Å²) in [7, 11) is 0. The highest BCUT2D eigenvalue weighted by atomic mass is 16.6. The molecule has 0 fully saturated rings. The quantitative estimate of drug-likeness (QED) is 0.522. The summed E-state index contributed by atoms with van der Waals surface area (Å²) in [5.41, 5.74) is 0.339. The van der Waals surface area contributed by atoms with E-state index in [2.05, 4.69) is 15.5 Å². The lowest BCUT2D eigenvalue weighted by atomic mass is 9.97. The summed E-state index contributed by atoms with van der Waals surface area (Å²) in [4.78, 5) is 33.8. The van der Waals surface area contributed by atoms with Crippen molar-refractivity contribution in [2.75, 3.05) is 6.54 Å². The molecular weight excluding hydrogens is 316 g/mol. The van der Waals surface area contributed by atoms with Crippen molar-refractivity contribution in [3.63, 3.8) is 0 Å². The zero-order chi connectivity index (χ0) is 17.9. The number of hydrogen-bond donors (Lipinski definition) is 3. The zero-order valence-corrected chi connectivity index (χ0v) is 13.3. The van der Waals surface area contributed by atoms with Gasteiger partial charge >= 0.3 is 5.97 Å². The Morgan fingerprint density at radius 3 is 2.71 bits per heavy atom. The number of amides is 1. The van der Waals surface area contributed by atoms with Gasteiger partial charge in [0.25, 0.3) is 11.6 Å². The number of carboxylic acid groups (broad SMARTS) is 1. The van der Waals surface area contributed by atoms with Gasteiger partial charge in [-0.3, -0.25) is 24.8 Å². The Morgan fingerprint density at radius 1 is 1.42 bits per heavy atom. The molecule has 3 N–H and O–H groups in total. The predicted octanol–water partition coefficient (Wildman–Crippen LogP) is 1.95. The Kier molecular flexibility index (Phi) is 5.12. The van der Waals surface area contributed by atoms with E-state index in [9.17, 15) is 24.8 Å². The molecule has 1 atom stereocenters. The number of nitrogens with one attached hydrogen (secondary N) is 2. The van der Waals surface area contributed by atoms with Crippen LogP contribution in [0.1, 0.15) is 30.8 Å². The monoisotopic (exact) mass is 334 g/mol. The highest BCUT2D eigenvalue weighted by Crippen LogP contribution is 2.22. The van der Waals surface area contributed by atoms with Gasteiger partial charge in [0.1, 0.15) is 0 Å². The van der Waals surface area contributed by atoms with Crippen LogP contribution in [0, 0.1) is 22.0 Å². The van der Waals surface area contributed by atoms with Crippen LogP contribution in [0.25, 0.3) is 10.9 Å². The van der Waals surface area contributed by atoms with Gasteiger partial charge in [0.2, 0.25) is 0 Å². The van der Waals surface area contributed by atoms with E-state index >= 15 is 0 Å². The Hall–Kier alpha value is -2.97. The van der Waals surface area contributed by atoms with Gasteiger partial charge < -0.3 is 10.4 Å². The highest BCUT2D eigenvalue weighted by Gasteiger charge is 2.22.